The van der Waals surface area contributed by atoms with Crippen molar-refractivity contribution in [1.29, 1.82) is 0 Å². The molecule has 2 heterocycles. The lowest BCUT2D eigenvalue weighted by Crippen LogP contribution is -2.21. The number of nitrogens with one attached hydrogen (secondary N) is 1. The van der Waals surface area contributed by atoms with Crippen LogP contribution in [0.5, 0.6) is 0 Å². The maximum absolute atomic E-state index is 5.79. The van der Waals surface area contributed by atoms with Crippen molar-refractivity contribution in [2.45, 2.75) is 31.9 Å². The van der Waals surface area contributed by atoms with Gasteiger partial charge in [-0.3, -0.25) is 0 Å². The second kappa shape index (κ2) is 3.82. The molecule has 0 bridgehead atoms. The summed E-state index contributed by atoms with van der Waals surface area (Å²) in [6.07, 6.45) is 2.12. The van der Waals surface area contributed by atoms with Crippen LogP contribution in [-0.2, 0) is 16.9 Å². The predicted molar refractivity (Wildman–Crippen MR) is 66.5 cm³/mol. The standard InChI is InChI=1S/C13H17N3O/c1-13(5-2-6-17-13)12-15-10-4-3-9(8-14)7-11(10)16-12/h3-4,7H,2,5-6,8,14H2,1H3,(H,15,16). The number of aromatic nitrogens is 2. The van der Waals surface area contributed by atoms with Gasteiger partial charge in [-0.05, 0) is 37.5 Å². The highest BCUT2D eigenvalue weighted by molar-refractivity contribution is 5.76. The van der Waals surface area contributed by atoms with Gasteiger partial charge < -0.3 is 15.5 Å². The fraction of sp³-hybridized carbons (Fsp3) is 0.462. The van der Waals surface area contributed by atoms with Crippen molar-refractivity contribution in [2.75, 3.05) is 6.61 Å². The zero-order valence-electron chi connectivity index (χ0n) is 9.99. The molecular weight excluding hydrogens is 214 g/mol. The summed E-state index contributed by atoms with van der Waals surface area (Å²) in [5.74, 6) is 0.930. The van der Waals surface area contributed by atoms with Crippen LogP contribution in [0.2, 0.25) is 0 Å². The zero-order valence-corrected chi connectivity index (χ0v) is 9.99. The van der Waals surface area contributed by atoms with Crippen molar-refractivity contribution in [3.05, 3.63) is 29.6 Å². The first-order valence-electron chi connectivity index (χ1n) is 6.04. The molecule has 17 heavy (non-hydrogen) atoms. The number of hydrogen-bond acceptors (Lipinski definition) is 3. The summed E-state index contributed by atoms with van der Waals surface area (Å²) in [7, 11) is 0. The lowest BCUT2D eigenvalue weighted by molar-refractivity contribution is 0.0103. The van der Waals surface area contributed by atoms with E-state index in [0.29, 0.717) is 6.54 Å². The molecule has 1 aliphatic rings. The Morgan fingerprint density at radius 3 is 3.12 bits per heavy atom. The largest absolute Gasteiger partial charge is 0.367 e. The van der Waals surface area contributed by atoms with E-state index in [1.54, 1.807) is 0 Å². The summed E-state index contributed by atoms with van der Waals surface area (Å²) in [5.41, 5.74) is 8.53. The first-order valence-corrected chi connectivity index (χ1v) is 6.04. The molecule has 1 atom stereocenters. The first kappa shape index (κ1) is 10.7. The third-order valence-electron chi connectivity index (χ3n) is 3.50. The van der Waals surface area contributed by atoms with Crippen LogP contribution in [0.15, 0.2) is 18.2 Å². The van der Waals surface area contributed by atoms with Gasteiger partial charge in [0.2, 0.25) is 0 Å². The highest BCUT2D eigenvalue weighted by atomic mass is 16.5. The van der Waals surface area contributed by atoms with Crippen molar-refractivity contribution < 1.29 is 4.74 Å². The lowest BCUT2D eigenvalue weighted by Gasteiger charge is -2.19. The van der Waals surface area contributed by atoms with Gasteiger partial charge in [-0.25, -0.2) is 4.98 Å². The second-order valence-corrected chi connectivity index (χ2v) is 4.82. The van der Waals surface area contributed by atoms with Crippen LogP contribution < -0.4 is 5.73 Å². The van der Waals surface area contributed by atoms with E-state index in [9.17, 15) is 0 Å². The Balaban J connectivity index is 2.07. The summed E-state index contributed by atoms with van der Waals surface area (Å²) in [4.78, 5) is 7.98. The highest BCUT2D eigenvalue weighted by Crippen LogP contribution is 2.34. The monoisotopic (exact) mass is 231 g/mol. The van der Waals surface area contributed by atoms with Crippen molar-refractivity contribution in [3.8, 4) is 0 Å². The molecule has 3 N–H and O–H groups in total. The number of nitrogens with zero attached hydrogens (tertiary/aromatic N) is 1. The maximum atomic E-state index is 5.79. The van der Waals surface area contributed by atoms with Gasteiger partial charge in [-0.1, -0.05) is 6.07 Å². The van der Waals surface area contributed by atoms with Gasteiger partial charge >= 0.3 is 0 Å². The molecule has 0 amide bonds. The molecule has 4 nitrogen and oxygen atoms in total. The van der Waals surface area contributed by atoms with Crippen molar-refractivity contribution in [3.63, 3.8) is 0 Å². The van der Waals surface area contributed by atoms with Crippen LogP contribution >= 0.6 is 0 Å². The molecule has 0 saturated carbocycles. The van der Waals surface area contributed by atoms with Gasteiger partial charge in [-0.2, -0.15) is 0 Å². The number of benzene rings is 1. The molecule has 0 spiro atoms. The Bertz CT molecular complexity index is 541. The average molecular weight is 231 g/mol. The molecule has 2 aromatic rings. The number of ether oxygens (including phenoxy) is 1. The van der Waals surface area contributed by atoms with Crippen molar-refractivity contribution >= 4 is 11.0 Å². The lowest BCUT2D eigenvalue weighted by atomic mass is 10.0. The Labute approximate surface area is 100 Å². The fourth-order valence-corrected chi connectivity index (χ4v) is 2.40. The molecule has 1 aromatic heterocycles. The average Bonchev–Trinajstić information content (AvgIpc) is 2.94. The predicted octanol–water partition coefficient (Wildman–Crippen LogP) is 2.05. The normalized spacial score (nSPS) is 24.6. The summed E-state index contributed by atoms with van der Waals surface area (Å²) < 4.78 is 5.79. The Hall–Kier alpha value is -1.39. The third kappa shape index (κ3) is 1.73. The summed E-state index contributed by atoms with van der Waals surface area (Å²) >= 11 is 0. The van der Waals surface area contributed by atoms with E-state index >= 15 is 0 Å². The first-order chi connectivity index (χ1) is 8.21. The van der Waals surface area contributed by atoms with Crippen molar-refractivity contribution in [2.24, 2.45) is 5.73 Å². The molecule has 4 heteroatoms. The fourth-order valence-electron chi connectivity index (χ4n) is 2.40. The van der Waals surface area contributed by atoms with E-state index in [1.165, 1.54) is 0 Å². The molecule has 1 unspecified atom stereocenters. The van der Waals surface area contributed by atoms with E-state index in [0.717, 1.165) is 41.9 Å². The summed E-state index contributed by atoms with van der Waals surface area (Å²) in [6, 6.07) is 6.09. The molecule has 1 saturated heterocycles. The van der Waals surface area contributed by atoms with Crippen molar-refractivity contribution in [1.82, 2.24) is 9.97 Å². The zero-order chi connectivity index (χ0) is 11.9. The second-order valence-electron chi connectivity index (χ2n) is 4.82. The number of aromatic amines is 1. The minimum Gasteiger partial charge on any atom is -0.367 e. The van der Waals surface area contributed by atoms with Crippen LogP contribution in [0, 0.1) is 0 Å². The van der Waals surface area contributed by atoms with Crippen LogP contribution in [0.4, 0.5) is 0 Å². The molecule has 1 aromatic carbocycles. The van der Waals surface area contributed by atoms with Gasteiger partial charge in [0.15, 0.2) is 0 Å². The molecule has 0 aliphatic carbocycles. The van der Waals surface area contributed by atoms with Gasteiger partial charge in [0.1, 0.15) is 11.4 Å². The summed E-state index contributed by atoms with van der Waals surface area (Å²) in [6.45, 7) is 3.47. The maximum Gasteiger partial charge on any atom is 0.139 e. The molecular formula is C13H17N3O. The Morgan fingerprint density at radius 2 is 2.41 bits per heavy atom. The van der Waals surface area contributed by atoms with Crippen LogP contribution in [0.3, 0.4) is 0 Å². The molecule has 1 fully saturated rings. The minimum absolute atomic E-state index is 0.248. The van der Waals surface area contributed by atoms with E-state index in [1.807, 2.05) is 12.1 Å². The van der Waals surface area contributed by atoms with Gasteiger partial charge in [0, 0.05) is 13.2 Å². The summed E-state index contributed by atoms with van der Waals surface area (Å²) in [5, 5.41) is 0. The number of H-pyrrole nitrogens is 1. The quantitative estimate of drug-likeness (QED) is 0.831. The smallest absolute Gasteiger partial charge is 0.139 e. The number of hydrogen-bond donors (Lipinski definition) is 2. The molecule has 90 valence electrons. The highest BCUT2D eigenvalue weighted by Gasteiger charge is 2.34. The number of fused-ring (bicyclic) bond motifs is 1. The molecule has 1 aliphatic heterocycles. The topological polar surface area (TPSA) is 63.9 Å². The minimum atomic E-state index is -0.248. The van der Waals surface area contributed by atoms with Gasteiger partial charge in [0.05, 0.1) is 11.0 Å². The molecule has 0 radical (unpaired) electrons. The number of nitrogens with two attached hydrogens (primary N) is 1. The van der Waals surface area contributed by atoms with E-state index in [-0.39, 0.29) is 5.60 Å². The van der Waals surface area contributed by atoms with E-state index in [4.69, 9.17) is 10.5 Å². The Morgan fingerprint density at radius 1 is 1.53 bits per heavy atom. The van der Waals surface area contributed by atoms with Crippen LogP contribution in [-0.4, -0.2) is 16.6 Å². The third-order valence-corrected chi connectivity index (χ3v) is 3.50. The van der Waals surface area contributed by atoms with E-state index in [2.05, 4.69) is 23.0 Å². The van der Waals surface area contributed by atoms with Gasteiger partial charge in [0.25, 0.3) is 0 Å². The number of rotatable bonds is 2. The SMILES string of the molecule is CC1(c2nc3ccc(CN)cc3[nH]2)CCCO1. The molecule has 3 rings (SSSR count). The van der Waals surface area contributed by atoms with Crippen LogP contribution in [0.1, 0.15) is 31.2 Å². The Kier molecular flexibility index (Phi) is 2.42. The number of imidazole rings is 1. The van der Waals surface area contributed by atoms with E-state index < -0.39 is 0 Å². The van der Waals surface area contributed by atoms with Crippen LogP contribution in [0.25, 0.3) is 11.0 Å². The van der Waals surface area contributed by atoms with Gasteiger partial charge in [-0.15, -0.1) is 0 Å².